The molecule has 6 heteroatoms. The van der Waals surface area contributed by atoms with Gasteiger partial charge >= 0.3 is 6.09 Å². The van der Waals surface area contributed by atoms with Crippen LogP contribution in [0.1, 0.15) is 32.4 Å². The van der Waals surface area contributed by atoms with Gasteiger partial charge in [-0.1, -0.05) is 11.6 Å². The number of carbonyl (C=O) groups is 1. The van der Waals surface area contributed by atoms with Crippen molar-refractivity contribution < 1.29 is 9.53 Å². The smallest absolute Gasteiger partial charge is 0.410 e. The van der Waals surface area contributed by atoms with E-state index in [9.17, 15) is 4.79 Å². The zero-order valence-corrected chi connectivity index (χ0v) is 13.3. The zero-order chi connectivity index (χ0) is 15.3. The van der Waals surface area contributed by atoms with Crippen molar-refractivity contribution in [2.24, 2.45) is 5.41 Å². The summed E-state index contributed by atoms with van der Waals surface area (Å²) in [5.41, 5.74) is 0.475. The lowest BCUT2D eigenvalue weighted by molar-refractivity contribution is -0.108. The van der Waals surface area contributed by atoms with Crippen molar-refractivity contribution in [1.29, 1.82) is 0 Å². The van der Waals surface area contributed by atoms with Crippen LogP contribution in [0.4, 0.5) is 4.79 Å². The van der Waals surface area contributed by atoms with Crippen LogP contribution in [0.3, 0.4) is 0 Å². The fraction of sp³-hybridized carbons (Fsp3) is 0.600. The van der Waals surface area contributed by atoms with Crippen LogP contribution in [0.2, 0.25) is 5.02 Å². The van der Waals surface area contributed by atoms with E-state index in [1.807, 2.05) is 20.8 Å². The SMILES string of the molecule is CC(C)(C)OC(=O)N1CC2(CNC2)C1c1cnccc1Cl. The Morgan fingerprint density at radius 2 is 2.24 bits per heavy atom. The number of likely N-dealkylation sites (tertiary alicyclic amines) is 1. The van der Waals surface area contributed by atoms with Crippen LogP contribution in [0.5, 0.6) is 0 Å². The minimum atomic E-state index is -0.499. The van der Waals surface area contributed by atoms with E-state index in [1.165, 1.54) is 0 Å². The summed E-state index contributed by atoms with van der Waals surface area (Å²) in [7, 11) is 0. The molecule has 3 heterocycles. The van der Waals surface area contributed by atoms with Crippen molar-refractivity contribution in [2.45, 2.75) is 32.4 Å². The number of amides is 1. The van der Waals surface area contributed by atoms with Gasteiger partial charge in [-0.2, -0.15) is 0 Å². The molecule has 0 aliphatic carbocycles. The van der Waals surface area contributed by atoms with Crippen molar-refractivity contribution >= 4 is 17.7 Å². The summed E-state index contributed by atoms with van der Waals surface area (Å²) >= 11 is 6.30. The Morgan fingerprint density at radius 3 is 2.76 bits per heavy atom. The molecule has 5 nitrogen and oxygen atoms in total. The van der Waals surface area contributed by atoms with E-state index < -0.39 is 5.60 Å². The highest BCUT2D eigenvalue weighted by atomic mass is 35.5. The van der Waals surface area contributed by atoms with E-state index in [0.717, 1.165) is 18.7 Å². The molecule has 2 fully saturated rings. The van der Waals surface area contributed by atoms with Crippen LogP contribution in [-0.2, 0) is 4.74 Å². The van der Waals surface area contributed by atoms with Crippen LogP contribution in [-0.4, -0.2) is 41.2 Å². The summed E-state index contributed by atoms with van der Waals surface area (Å²) in [6, 6.07) is 1.71. The minimum Gasteiger partial charge on any atom is -0.444 e. The third kappa shape index (κ3) is 2.49. The molecule has 1 atom stereocenters. The van der Waals surface area contributed by atoms with E-state index in [-0.39, 0.29) is 17.6 Å². The second-order valence-corrected chi connectivity index (χ2v) is 7.28. The summed E-state index contributed by atoms with van der Waals surface area (Å²) in [6.07, 6.45) is 3.13. The molecule has 0 radical (unpaired) electrons. The van der Waals surface area contributed by atoms with Crippen LogP contribution in [0, 0.1) is 5.41 Å². The first kappa shape index (κ1) is 14.6. The number of ether oxygens (including phenoxy) is 1. The average Bonchev–Trinajstić information content (AvgIpc) is 2.26. The van der Waals surface area contributed by atoms with Gasteiger partial charge in [-0.05, 0) is 26.8 Å². The van der Waals surface area contributed by atoms with Gasteiger partial charge in [-0.3, -0.25) is 9.88 Å². The van der Waals surface area contributed by atoms with Crippen molar-refractivity contribution in [3.63, 3.8) is 0 Å². The highest BCUT2D eigenvalue weighted by molar-refractivity contribution is 6.31. The van der Waals surface area contributed by atoms with Gasteiger partial charge in [-0.15, -0.1) is 0 Å². The number of hydrogen-bond donors (Lipinski definition) is 1. The van der Waals surface area contributed by atoms with Gasteiger partial charge < -0.3 is 10.1 Å². The average molecular weight is 310 g/mol. The van der Waals surface area contributed by atoms with Gasteiger partial charge in [0.2, 0.25) is 0 Å². The molecule has 0 bridgehead atoms. The molecule has 2 aliphatic heterocycles. The normalized spacial score (nSPS) is 23.4. The molecule has 1 amide bonds. The lowest BCUT2D eigenvalue weighted by Gasteiger charge is -2.62. The lowest BCUT2D eigenvalue weighted by atomic mass is 9.65. The van der Waals surface area contributed by atoms with Crippen molar-refractivity contribution in [1.82, 2.24) is 15.2 Å². The molecule has 2 aliphatic rings. The first-order valence-corrected chi connectivity index (χ1v) is 7.50. The Labute approximate surface area is 129 Å². The second kappa shape index (κ2) is 4.85. The highest BCUT2D eigenvalue weighted by Crippen LogP contribution is 2.52. The van der Waals surface area contributed by atoms with Gasteiger partial charge in [0.25, 0.3) is 0 Å². The Hall–Kier alpha value is -1.33. The Bertz CT molecular complexity index is 566. The van der Waals surface area contributed by atoms with E-state index in [4.69, 9.17) is 16.3 Å². The molecule has 1 unspecified atom stereocenters. The predicted octanol–water partition coefficient (Wildman–Crippen LogP) is 2.62. The van der Waals surface area contributed by atoms with Gasteiger partial charge in [0.15, 0.2) is 0 Å². The fourth-order valence-corrected chi connectivity index (χ4v) is 3.27. The van der Waals surface area contributed by atoms with Crippen LogP contribution >= 0.6 is 11.6 Å². The number of pyridine rings is 1. The number of carbonyl (C=O) groups excluding carboxylic acids is 1. The first-order valence-electron chi connectivity index (χ1n) is 7.12. The summed E-state index contributed by atoms with van der Waals surface area (Å²) in [5, 5.41) is 3.94. The minimum absolute atomic E-state index is 0.0604. The van der Waals surface area contributed by atoms with E-state index in [2.05, 4.69) is 10.3 Å². The summed E-state index contributed by atoms with van der Waals surface area (Å²) in [4.78, 5) is 18.3. The van der Waals surface area contributed by atoms with Crippen LogP contribution in [0.25, 0.3) is 0 Å². The molecular weight excluding hydrogens is 290 g/mol. The van der Waals surface area contributed by atoms with Gasteiger partial charge in [0.05, 0.1) is 6.04 Å². The van der Waals surface area contributed by atoms with Crippen molar-refractivity contribution in [3.05, 3.63) is 29.0 Å². The topological polar surface area (TPSA) is 54.5 Å². The number of nitrogens with zero attached hydrogens (tertiary/aromatic N) is 2. The van der Waals surface area contributed by atoms with Crippen LogP contribution < -0.4 is 5.32 Å². The molecule has 21 heavy (non-hydrogen) atoms. The maximum atomic E-state index is 12.4. The lowest BCUT2D eigenvalue weighted by Crippen LogP contribution is -2.73. The molecular formula is C15H20ClN3O2. The number of halogens is 1. The monoisotopic (exact) mass is 309 g/mol. The molecule has 3 rings (SSSR count). The number of nitrogens with one attached hydrogen (secondary N) is 1. The third-order valence-electron chi connectivity index (χ3n) is 4.05. The highest BCUT2D eigenvalue weighted by Gasteiger charge is 2.59. The Kier molecular flexibility index (Phi) is 3.37. The quantitative estimate of drug-likeness (QED) is 0.866. The van der Waals surface area contributed by atoms with E-state index in [1.54, 1.807) is 23.4 Å². The molecule has 1 aromatic heterocycles. The molecule has 114 valence electrons. The Balaban J connectivity index is 1.86. The maximum absolute atomic E-state index is 12.4. The van der Waals surface area contributed by atoms with Crippen molar-refractivity contribution in [2.75, 3.05) is 19.6 Å². The summed E-state index contributed by atoms with van der Waals surface area (Å²) < 4.78 is 5.50. The van der Waals surface area contributed by atoms with Gasteiger partial charge in [0, 0.05) is 48.0 Å². The number of rotatable bonds is 1. The van der Waals surface area contributed by atoms with E-state index >= 15 is 0 Å². The maximum Gasteiger partial charge on any atom is 0.410 e. The van der Waals surface area contributed by atoms with E-state index in [0.29, 0.717) is 11.6 Å². The molecule has 0 saturated carbocycles. The first-order chi connectivity index (χ1) is 9.82. The summed E-state index contributed by atoms with van der Waals surface area (Å²) in [5.74, 6) is 0. The standard InChI is InChI=1S/C15H20ClN3O2/c1-14(2,3)21-13(20)19-9-15(7-18-8-15)12(19)10-6-17-5-4-11(10)16/h4-6,12,18H,7-9H2,1-3H3. The second-order valence-electron chi connectivity index (χ2n) is 6.87. The number of aromatic nitrogens is 1. The largest absolute Gasteiger partial charge is 0.444 e. The van der Waals surface area contributed by atoms with Crippen LogP contribution in [0.15, 0.2) is 18.5 Å². The molecule has 0 aromatic carbocycles. The Morgan fingerprint density at radius 1 is 1.52 bits per heavy atom. The molecule has 1 aromatic rings. The predicted molar refractivity (Wildman–Crippen MR) is 80.2 cm³/mol. The summed E-state index contributed by atoms with van der Waals surface area (Å²) in [6.45, 7) is 8.10. The molecule has 2 saturated heterocycles. The molecule has 1 N–H and O–H groups in total. The zero-order valence-electron chi connectivity index (χ0n) is 12.5. The van der Waals surface area contributed by atoms with Gasteiger partial charge in [-0.25, -0.2) is 4.79 Å². The van der Waals surface area contributed by atoms with Gasteiger partial charge in [0.1, 0.15) is 5.60 Å². The molecule has 1 spiro atoms. The number of hydrogen-bond acceptors (Lipinski definition) is 4. The third-order valence-corrected chi connectivity index (χ3v) is 4.39. The fourth-order valence-electron chi connectivity index (χ4n) is 3.07. The van der Waals surface area contributed by atoms with Crippen molar-refractivity contribution in [3.8, 4) is 0 Å².